The van der Waals surface area contributed by atoms with Crippen LogP contribution in [0.4, 0.5) is 10.1 Å². The number of benzene rings is 2. The number of hydrogen-bond donors (Lipinski definition) is 2. The monoisotopic (exact) mass is 247 g/mol. The Morgan fingerprint density at radius 1 is 1.22 bits per heavy atom. The number of para-hydroxylation sites is 1. The maximum Gasteiger partial charge on any atom is 0.337 e. The van der Waals surface area contributed by atoms with E-state index in [0.717, 1.165) is 0 Å². The first kappa shape index (κ1) is 11.9. The van der Waals surface area contributed by atoms with E-state index in [0.29, 0.717) is 0 Å². The van der Waals surface area contributed by atoms with Gasteiger partial charge < -0.3 is 15.6 Å². The van der Waals surface area contributed by atoms with Crippen molar-refractivity contribution >= 4 is 11.7 Å². The van der Waals surface area contributed by atoms with Gasteiger partial charge in [-0.3, -0.25) is 0 Å². The largest absolute Gasteiger partial charge is 0.478 e. The molecule has 0 fully saturated rings. The van der Waals surface area contributed by atoms with Crippen molar-refractivity contribution in [2.45, 2.75) is 0 Å². The molecule has 2 rings (SSSR count). The molecule has 0 saturated heterocycles. The van der Waals surface area contributed by atoms with Gasteiger partial charge in [-0.25, -0.2) is 9.18 Å². The topological polar surface area (TPSA) is 72.5 Å². The van der Waals surface area contributed by atoms with E-state index in [2.05, 4.69) is 0 Å². The van der Waals surface area contributed by atoms with Crippen LogP contribution in [0.3, 0.4) is 0 Å². The molecule has 0 aliphatic carbocycles. The first-order valence-electron chi connectivity index (χ1n) is 5.13. The summed E-state index contributed by atoms with van der Waals surface area (Å²) in [5.41, 5.74) is 5.55. The average molecular weight is 247 g/mol. The second kappa shape index (κ2) is 4.75. The predicted molar refractivity (Wildman–Crippen MR) is 64.3 cm³/mol. The van der Waals surface area contributed by atoms with E-state index in [1.807, 2.05) is 0 Å². The van der Waals surface area contributed by atoms with Crippen molar-refractivity contribution in [3.05, 3.63) is 53.8 Å². The number of nitrogens with two attached hydrogens (primary N) is 1. The molecule has 0 aliphatic heterocycles. The lowest BCUT2D eigenvalue weighted by molar-refractivity contribution is 0.0697. The Labute approximate surface area is 102 Å². The Balaban J connectivity index is 2.33. The first-order valence-corrected chi connectivity index (χ1v) is 5.13. The van der Waals surface area contributed by atoms with Gasteiger partial charge in [0, 0.05) is 5.69 Å². The molecule has 0 aromatic heterocycles. The molecule has 5 heteroatoms. The van der Waals surface area contributed by atoms with E-state index in [4.69, 9.17) is 15.6 Å². The van der Waals surface area contributed by atoms with Gasteiger partial charge in [0.2, 0.25) is 0 Å². The predicted octanol–water partition coefficient (Wildman–Crippen LogP) is 2.90. The van der Waals surface area contributed by atoms with Gasteiger partial charge in [0.05, 0.1) is 5.56 Å². The maximum absolute atomic E-state index is 13.3. The third kappa shape index (κ3) is 2.40. The molecule has 3 N–H and O–H groups in total. The smallest absolute Gasteiger partial charge is 0.337 e. The van der Waals surface area contributed by atoms with Crippen LogP contribution < -0.4 is 10.5 Å². The molecule has 2 aromatic rings. The van der Waals surface area contributed by atoms with E-state index in [-0.39, 0.29) is 22.7 Å². The lowest BCUT2D eigenvalue weighted by atomic mass is 10.2. The summed E-state index contributed by atoms with van der Waals surface area (Å²) in [7, 11) is 0. The fourth-order valence-corrected chi connectivity index (χ4v) is 1.44. The molecule has 2 aromatic carbocycles. The van der Waals surface area contributed by atoms with Gasteiger partial charge in [-0.15, -0.1) is 0 Å². The summed E-state index contributed by atoms with van der Waals surface area (Å²) in [5.74, 6) is -1.44. The van der Waals surface area contributed by atoms with Crippen molar-refractivity contribution in [3.8, 4) is 11.5 Å². The number of aromatic carboxylic acids is 1. The molecule has 0 unspecified atom stereocenters. The first-order chi connectivity index (χ1) is 8.58. The summed E-state index contributed by atoms with van der Waals surface area (Å²) in [6.07, 6.45) is 0. The van der Waals surface area contributed by atoms with Crippen LogP contribution in [0, 0.1) is 5.82 Å². The Morgan fingerprint density at radius 2 is 1.94 bits per heavy atom. The van der Waals surface area contributed by atoms with E-state index in [1.54, 1.807) is 6.07 Å². The Hall–Kier alpha value is -2.56. The van der Waals surface area contributed by atoms with Crippen molar-refractivity contribution in [2.75, 3.05) is 5.73 Å². The number of carbonyl (C=O) groups is 1. The Morgan fingerprint density at radius 3 is 2.61 bits per heavy atom. The van der Waals surface area contributed by atoms with Crippen molar-refractivity contribution in [1.82, 2.24) is 0 Å². The highest BCUT2D eigenvalue weighted by Gasteiger charge is 2.10. The highest BCUT2D eigenvalue weighted by atomic mass is 19.1. The fraction of sp³-hybridized carbons (Fsp3) is 0. The number of rotatable bonds is 3. The van der Waals surface area contributed by atoms with Crippen LogP contribution >= 0.6 is 0 Å². The summed E-state index contributed by atoms with van der Waals surface area (Å²) in [6.45, 7) is 0. The van der Waals surface area contributed by atoms with Crippen molar-refractivity contribution in [1.29, 1.82) is 0 Å². The molecule has 92 valence electrons. The van der Waals surface area contributed by atoms with Gasteiger partial charge in [-0.2, -0.15) is 0 Å². The lowest BCUT2D eigenvalue weighted by Gasteiger charge is -2.08. The Bertz CT molecular complexity index is 599. The molecule has 0 heterocycles. The number of hydrogen-bond acceptors (Lipinski definition) is 3. The zero-order valence-electron chi connectivity index (χ0n) is 9.26. The molecular weight excluding hydrogens is 237 g/mol. The van der Waals surface area contributed by atoms with Crippen molar-refractivity contribution in [2.24, 2.45) is 0 Å². The summed E-state index contributed by atoms with van der Waals surface area (Å²) in [5, 5.41) is 8.90. The molecule has 18 heavy (non-hydrogen) atoms. The zero-order chi connectivity index (χ0) is 13.1. The number of carboxylic acids is 1. The average Bonchev–Trinajstić information content (AvgIpc) is 2.34. The van der Waals surface area contributed by atoms with Crippen LogP contribution in [0.25, 0.3) is 0 Å². The molecule has 0 bridgehead atoms. The second-order valence-corrected chi connectivity index (χ2v) is 3.59. The Kier molecular flexibility index (Phi) is 3.14. The highest BCUT2D eigenvalue weighted by molar-refractivity contribution is 5.94. The van der Waals surface area contributed by atoms with Crippen LogP contribution in [0.2, 0.25) is 0 Å². The number of ether oxygens (including phenoxy) is 1. The van der Waals surface area contributed by atoms with Crippen LogP contribution in [0.1, 0.15) is 10.4 Å². The van der Waals surface area contributed by atoms with Gasteiger partial charge in [0.15, 0.2) is 11.6 Å². The van der Waals surface area contributed by atoms with Crippen LogP contribution in [-0.2, 0) is 0 Å². The van der Waals surface area contributed by atoms with Crippen molar-refractivity contribution in [3.63, 3.8) is 0 Å². The fourth-order valence-electron chi connectivity index (χ4n) is 1.44. The lowest BCUT2D eigenvalue weighted by Crippen LogP contribution is -2.02. The van der Waals surface area contributed by atoms with E-state index < -0.39 is 11.8 Å². The molecule has 0 atom stereocenters. The quantitative estimate of drug-likeness (QED) is 0.818. The maximum atomic E-state index is 13.3. The van der Waals surface area contributed by atoms with Gasteiger partial charge in [-0.1, -0.05) is 12.1 Å². The van der Waals surface area contributed by atoms with Gasteiger partial charge in [0.1, 0.15) is 5.75 Å². The van der Waals surface area contributed by atoms with E-state index in [1.165, 1.54) is 36.4 Å². The number of carboxylic acid groups (broad SMARTS) is 1. The summed E-state index contributed by atoms with van der Waals surface area (Å²) >= 11 is 0. The standard InChI is InChI=1S/C13H10FNO3/c14-10-3-1-2-4-12(10)18-8-5-6-11(15)9(7-8)13(16)17/h1-7H,15H2,(H,16,17). The summed E-state index contributed by atoms with van der Waals surface area (Å²) < 4.78 is 18.6. The molecule has 0 saturated carbocycles. The van der Waals surface area contributed by atoms with E-state index in [9.17, 15) is 9.18 Å². The van der Waals surface area contributed by atoms with E-state index >= 15 is 0 Å². The van der Waals surface area contributed by atoms with Crippen LogP contribution in [0.5, 0.6) is 11.5 Å². The number of nitrogen functional groups attached to an aromatic ring is 1. The molecule has 0 radical (unpaired) electrons. The molecule has 0 aliphatic rings. The normalized spacial score (nSPS) is 10.1. The van der Waals surface area contributed by atoms with Gasteiger partial charge in [0.25, 0.3) is 0 Å². The third-order valence-corrected chi connectivity index (χ3v) is 2.32. The summed E-state index contributed by atoms with van der Waals surface area (Å²) in [4.78, 5) is 10.9. The SMILES string of the molecule is Nc1ccc(Oc2ccccc2F)cc1C(=O)O. The molecule has 0 spiro atoms. The van der Waals surface area contributed by atoms with Crippen molar-refractivity contribution < 1.29 is 19.0 Å². The highest BCUT2D eigenvalue weighted by Crippen LogP contribution is 2.26. The molecule has 4 nitrogen and oxygen atoms in total. The van der Waals surface area contributed by atoms with Gasteiger partial charge in [-0.05, 0) is 30.3 Å². The molecule has 0 amide bonds. The zero-order valence-corrected chi connectivity index (χ0v) is 9.26. The van der Waals surface area contributed by atoms with Crippen LogP contribution in [0.15, 0.2) is 42.5 Å². The third-order valence-electron chi connectivity index (χ3n) is 2.32. The summed E-state index contributed by atoms with van der Waals surface area (Å²) in [6, 6.07) is 10.00. The van der Waals surface area contributed by atoms with Gasteiger partial charge >= 0.3 is 5.97 Å². The minimum absolute atomic E-state index is 0.0265. The second-order valence-electron chi connectivity index (χ2n) is 3.59. The number of halogens is 1. The van der Waals surface area contributed by atoms with Crippen LogP contribution in [-0.4, -0.2) is 11.1 Å². The minimum atomic E-state index is -1.16. The minimum Gasteiger partial charge on any atom is -0.478 e. The number of anilines is 1. The molecular formula is C13H10FNO3.